The zero-order valence-corrected chi connectivity index (χ0v) is 15.4. The van der Waals surface area contributed by atoms with Crippen LogP contribution in [0.1, 0.15) is 5.56 Å². The molecule has 0 bridgehead atoms. The molecule has 0 aliphatic heterocycles. The lowest BCUT2D eigenvalue weighted by Crippen LogP contribution is -2.20. The maximum Gasteiger partial charge on any atom is 0.262 e. The molecule has 0 heterocycles. The third-order valence-corrected chi connectivity index (χ3v) is 4.67. The molecule has 24 heavy (non-hydrogen) atoms. The summed E-state index contributed by atoms with van der Waals surface area (Å²) in [5.74, 6) is -0.287. The van der Waals surface area contributed by atoms with Gasteiger partial charge in [-0.25, -0.2) is 0 Å². The Hall–Kier alpha value is -1.35. The van der Waals surface area contributed by atoms with E-state index in [-0.39, 0.29) is 43.2 Å². The number of nitrogens with zero attached hydrogens (tertiary/aromatic N) is 1. The lowest BCUT2D eigenvalue weighted by molar-refractivity contribution is -0.118. The van der Waals surface area contributed by atoms with E-state index in [0.29, 0.717) is 5.56 Å². The third-order valence-electron chi connectivity index (χ3n) is 2.80. The van der Waals surface area contributed by atoms with Crippen LogP contribution in [0.3, 0.4) is 0 Å². The summed E-state index contributed by atoms with van der Waals surface area (Å²) in [4.78, 5) is 12.0. The number of hydrogen-bond acceptors (Lipinski definition) is 3. The third kappa shape index (κ3) is 4.38. The van der Waals surface area contributed by atoms with Gasteiger partial charge in [-0.15, -0.1) is 0 Å². The monoisotopic (exact) mass is 422 g/mol. The maximum atomic E-state index is 12.0. The molecule has 0 fully saturated rings. The fourth-order valence-corrected chi connectivity index (χ4v) is 2.83. The maximum absolute atomic E-state index is 12.0. The molecule has 1 N–H and O–H groups in total. The summed E-state index contributed by atoms with van der Waals surface area (Å²) in [6, 6.07) is 7.75. The van der Waals surface area contributed by atoms with Gasteiger partial charge in [0.05, 0.1) is 42.4 Å². The van der Waals surface area contributed by atoms with E-state index in [4.69, 9.17) is 68.0 Å². The van der Waals surface area contributed by atoms with Gasteiger partial charge in [-0.1, -0.05) is 58.0 Å². The van der Waals surface area contributed by atoms with Crippen LogP contribution in [-0.4, -0.2) is 12.5 Å². The minimum atomic E-state index is -0.544. The molecular formula is C15H7Cl5N2O2. The average Bonchev–Trinajstić information content (AvgIpc) is 2.55. The second-order valence-corrected chi connectivity index (χ2v) is 6.41. The predicted octanol–water partition coefficient (Wildman–Crippen LogP) is 5.84. The van der Waals surface area contributed by atoms with Crippen molar-refractivity contribution in [2.24, 2.45) is 0 Å². The van der Waals surface area contributed by atoms with Gasteiger partial charge in [0.15, 0.2) is 6.61 Å². The van der Waals surface area contributed by atoms with Crippen LogP contribution in [0.4, 0.5) is 5.69 Å². The van der Waals surface area contributed by atoms with Crippen molar-refractivity contribution in [1.29, 1.82) is 5.26 Å². The topological polar surface area (TPSA) is 62.1 Å². The summed E-state index contributed by atoms with van der Waals surface area (Å²) in [5, 5.41) is 11.9. The van der Waals surface area contributed by atoms with Gasteiger partial charge < -0.3 is 10.1 Å². The van der Waals surface area contributed by atoms with Crippen molar-refractivity contribution < 1.29 is 9.53 Å². The van der Waals surface area contributed by atoms with Crippen LogP contribution in [0.2, 0.25) is 25.1 Å². The number of amides is 1. The molecule has 0 spiro atoms. The summed E-state index contributed by atoms with van der Waals surface area (Å²) in [7, 11) is 0. The van der Waals surface area contributed by atoms with Crippen molar-refractivity contribution in [2.75, 3.05) is 11.9 Å². The number of benzene rings is 2. The van der Waals surface area contributed by atoms with Crippen LogP contribution < -0.4 is 10.1 Å². The number of nitriles is 1. The Morgan fingerprint density at radius 2 is 1.67 bits per heavy atom. The molecule has 0 saturated carbocycles. The van der Waals surface area contributed by atoms with Gasteiger partial charge in [0.25, 0.3) is 5.91 Å². The lowest BCUT2D eigenvalue weighted by atomic mass is 10.2. The van der Waals surface area contributed by atoms with E-state index in [1.54, 1.807) is 0 Å². The van der Waals surface area contributed by atoms with Crippen molar-refractivity contribution in [1.82, 2.24) is 0 Å². The number of ether oxygens (including phenoxy) is 1. The molecule has 2 rings (SSSR count). The minimum absolute atomic E-state index is 0.0656. The van der Waals surface area contributed by atoms with E-state index < -0.39 is 5.91 Å². The zero-order valence-electron chi connectivity index (χ0n) is 11.7. The summed E-state index contributed by atoms with van der Waals surface area (Å²) in [6.07, 6.45) is 0. The van der Waals surface area contributed by atoms with Crippen molar-refractivity contribution >= 4 is 69.6 Å². The SMILES string of the molecule is N#Cc1ccc(OCC(=O)Nc2c(Cl)c(Cl)cc(Cl)c2Cl)c(Cl)c1. The fourth-order valence-electron chi connectivity index (χ4n) is 1.69. The van der Waals surface area contributed by atoms with Crippen molar-refractivity contribution in [2.45, 2.75) is 0 Å². The summed E-state index contributed by atoms with van der Waals surface area (Å²) in [5.41, 5.74) is 0.472. The predicted molar refractivity (Wildman–Crippen MR) is 96.8 cm³/mol. The van der Waals surface area contributed by atoms with Crippen molar-refractivity contribution in [3.05, 3.63) is 54.9 Å². The van der Waals surface area contributed by atoms with Crippen LogP contribution in [0.25, 0.3) is 0 Å². The van der Waals surface area contributed by atoms with Crippen LogP contribution in [0.15, 0.2) is 24.3 Å². The molecule has 9 heteroatoms. The van der Waals surface area contributed by atoms with E-state index in [1.807, 2.05) is 6.07 Å². The Kier molecular flexibility index (Phi) is 6.45. The first kappa shape index (κ1) is 19.0. The molecule has 0 unspecified atom stereocenters. The van der Waals surface area contributed by atoms with Crippen molar-refractivity contribution in [3.63, 3.8) is 0 Å². The number of nitrogens with one attached hydrogen (secondary N) is 1. The van der Waals surface area contributed by atoms with E-state index in [1.165, 1.54) is 24.3 Å². The Morgan fingerprint density at radius 3 is 2.21 bits per heavy atom. The molecule has 2 aromatic carbocycles. The standard InChI is InChI=1S/C15H7Cl5N2O2/c16-8-3-7(5-21)1-2-11(8)24-6-12(23)22-15-13(19)9(17)4-10(18)14(15)20/h1-4H,6H2,(H,22,23). The minimum Gasteiger partial charge on any atom is -0.482 e. The second-order valence-electron chi connectivity index (χ2n) is 4.44. The van der Waals surface area contributed by atoms with Crippen LogP contribution in [-0.2, 0) is 4.79 Å². The summed E-state index contributed by atoms with van der Waals surface area (Å²) >= 11 is 29.8. The van der Waals surface area contributed by atoms with Gasteiger partial charge in [0.1, 0.15) is 5.75 Å². The highest BCUT2D eigenvalue weighted by atomic mass is 35.5. The quantitative estimate of drug-likeness (QED) is 0.627. The number of halogens is 5. The molecule has 0 atom stereocenters. The number of anilines is 1. The molecule has 0 saturated heterocycles. The Bertz CT molecular complexity index is 822. The number of carbonyl (C=O) groups excluding carboxylic acids is 1. The van der Waals surface area contributed by atoms with Gasteiger partial charge in [0, 0.05) is 0 Å². The molecule has 0 radical (unpaired) electrons. The molecule has 2 aromatic rings. The van der Waals surface area contributed by atoms with Crippen LogP contribution in [0.5, 0.6) is 5.75 Å². The zero-order chi connectivity index (χ0) is 17.9. The Morgan fingerprint density at radius 1 is 1.04 bits per heavy atom. The second kappa shape index (κ2) is 8.15. The van der Waals surface area contributed by atoms with Gasteiger partial charge in [0.2, 0.25) is 0 Å². The molecule has 1 amide bonds. The smallest absolute Gasteiger partial charge is 0.262 e. The fraction of sp³-hybridized carbons (Fsp3) is 0.0667. The van der Waals surface area contributed by atoms with Gasteiger partial charge in [-0.05, 0) is 24.3 Å². The van der Waals surface area contributed by atoms with Gasteiger partial charge in [-0.2, -0.15) is 5.26 Å². The lowest BCUT2D eigenvalue weighted by Gasteiger charge is -2.13. The highest BCUT2D eigenvalue weighted by molar-refractivity contribution is 6.50. The molecule has 124 valence electrons. The highest BCUT2D eigenvalue weighted by Crippen LogP contribution is 2.41. The molecule has 0 aliphatic carbocycles. The van der Waals surface area contributed by atoms with Crippen molar-refractivity contribution in [3.8, 4) is 11.8 Å². The first-order valence-electron chi connectivity index (χ1n) is 6.28. The van der Waals surface area contributed by atoms with E-state index in [2.05, 4.69) is 5.32 Å². The normalized spacial score (nSPS) is 10.2. The Labute approximate surface area is 162 Å². The van der Waals surface area contributed by atoms with Crippen LogP contribution in [0, 0.1) is 11.3 Å². The molecular weight excluding hydrogens is 417 g/mol. The highest BCUT2D eigenvalue weighted by Gasteiger charge is 2.17. The van der Waals surface area contributed by atoms with E-state index in [9.17, 15) is 4.79 Å². The molecule has 0 aromatic heterocycles. The summed E-state index contributed by atoms with van der Waals surface area (Å²) in [6.45, 7) is -0.359. The van der Waals surface area contributed by atoms with Gasteiger partial charge in [-0.3, -0.25) is 4.79 Å². The summed E-state index contributed by atoms with van der Waals surface area (Å²) < 4.78 is 5.30. The number of carbonyl (C=O) groups is 1. The first-order chi connectivity index (χ1) is 11.3. The molecule has 4 nitrogen and oxygen atoms in total. The van der Waals surface area contributed by atoms with E-state index >= 15 is 0 Å². The number of rotatable bonds is 4. The van der Waals surface area contributed by atoms with Gasteiger partial charge >= 0.3 is 0 Å². The van der Waals surface area contributed by atoms with Crippen LogP contribution >= 0.6 is 58.0 Å². The average molecular weight is 424 g/mol. The largest absolute Gasteiger partial charge is 0.482 e. The number of hydrogen-bond donors (Lipinski definition) is 1. The molecule has 0 aliphatic rings. The first-order valence-corrected chi connectivity index (χ1v) is 8.17. The Balaban J connectivity index is 2.09. The van der Waals surface area contributed by atoms with E-state index in [0.717, 1.165) is 0 Å².